The van der Waals surface area contributed by atoms with E-state index in [-0.39, 0.29) is 5.91 Å². The summed E-state index contributed by atoms with van der Waals surface area (Å²) in [6.45, 7) is 2.63. The first-order valence-electron chi connectivity index (χ1n) is 8.29. The monoisotopic (exact) mass is 430 g/mol. The summed E-state index contributed by atoms with van der Waals surface area (Å²) < 4.78 is 13.2. The summed E-state index contributed by atoms with van der Waals surface area (Å²) >= 11 is 3.41. The second kappa shape index (κ2) is 8.79. The Balaban J connectivity index is 1.79. The molecule has 2 aromatic heterocycles. The van der Waals surface area contributed by atoms with Gasteiger partial charge in [-0.25, -0.2) is 9.67 Å². The Bertz CT molecular complexity index is 925. The van der Waals surface area contributed by atoms with Gasteiger partial charge in [0.2, 0.25) is 5.88 Å². The number of halogens is 1. The number of carbonyl (C=O) groups excluding carboxylic acids is 1. The summed E-state index contributed by atoms with van der Waals surface area (Å²) in [6.07, 6.45) is 3.16. The maximum absolute atomic E-state index is 12.7. The number of nitrogens with one attached hydrogen (secondary N) is 1. The van der Waals surface area contributed by atoms with Gasteiger partial charge in [-0.2, -0.15) is 5.10 Å². The van der Waals surface area contributed by atoms with Crippen molar-refractivity contribution in [3.63, 3.8) is 0 Å². The van der Waals surface area contributed by atoms with Crippen LogP contribution in [0.1, 0.15) is 16.1 Å². The van der Waals surface area contributed by atoms with E-state index in [1.807, 2.05) is 31.2 Å². The lowest BCUT2D eigenvalue weighted by molar-refractivity contribution is 0.102. The molecular formula is C19H19BrN4O3. The molecule has 0 bridgehead atoms. The van der Waals surface area contributed by atoms with Crippen LogP contribution in [-0.4, -0.2) is 41.0 Å². The van der Waals surface area contributed by atoms with Crippen molar-refractivity contribution in [1.82, 2.24) is 14.8 Å². The Kier molecular flexibility index (Phi) is 6.20. The number of methoxy groups -OCH3 is 1. The zero-order valence-electron chi connectivity index (χ0n) is 15.0. The molecule has 0 fully saturated rings. The zero-order chi connectivity index (χ0) is 19.2. The van der Waals surface area contributed by atoms with E-state index in [1.54, 1.807) is 36.3 Å². The lowest BCUT2D eigenvalue weighted by atomic mass is 10.2. The molecule has 1 aromatic carbocycles. The number of anilines is 1. The van der Waals surface area contributed by atoms with Gasteiger partial charge in [0.15, 0.2) is 0 Å². The highest BCUT2D eigenvalue weighted by Crippen LogP contribution is 2.23. The highest BCUT2D eigenvalue weighted by molar-refractivity contribution is 9.10. The van der Waals surface area contributed by atoms with E-state index >= 15 is 0 Å². The van der Waals surface area contributed by atoms with Crippen molar-refractivity contribution < 1.29 is 14.3 Å². The molecule has 0 aliphatic heterocycles. The maximum Gasteiger partial charge on any atom is 0.259 e. The molecule has 7 nitrogen and oxygen atoms in total. The third kappa shape index (κ3) is 4.53. The molecule has 0 aliphatic carbocycles. The summed E-state index contributed by atoms with van der Waals surface area (Å²) in [7, 11) is 1.59. The molecule has 0 aliphatic rings. The summed E-state index contributed by atoms with van der Waals surface area (Å²) in [6, 6.07) is 11.2. The van der Waals surface area contributed by atoms with Crippen LogP contribution >= 0.6 is 15.9 Å². The SMILES string of the molecule is COCCOc1ncccc1NC(=O)c1cnn(-c2ccc(Br)cc2)c1C. The van der Waals surface area contributed by atoms with E-state index in [0.29, 0.717) is 30.3 Å². The fourth-order valence-electron chi connectivity index (χ4n) is 2.49. The maximum atomic E-state index is 12.7. The van der Waals surface area contributed by atoms with Crippen molar-refractivity contribution in [1.29, 1.82) is 0 Å². The molecule has 2 heterocycles. The van der Waals surface area contributed by atoms with Crippen molar-refractivity contribution in [3.8, 4) is 11.6 Å². The zero-order valence-corrected chi connectivity index (χ0v) is 16.6. The molecule has 140 valence electrons. The van der Waals surface area contributed by atoms with Crippen molar-refractivity contribution in [2.75, 3.05) is 25.6 Å². The number of benzene rings is 1. The van der Waals surface area contributed by atoms with Gasteiger partial charge < -0.3 is 14.8 Å². The van der Waals surface area contributed by atoms with Gasteiger partial charge in [-0.1, -0.05) is 15.9 Å². The van der Waals surface area contributed by atoms with Crippen molar-refractivity contribution in [2.45, 2.75) is 6.92 Å². The molecule has 0 unspecified atom stereocenters. The van der Waals surface area contributed by atoms with E-state index in [0.717, 1.165) is 15.9 Å². The molecule has 0 radical (unpaired) electrons. The van der Waals surface area contributed by atoms with Crippen LogP contribution in [0, 0.1) is 6.92 Å². The van der Waals surface area contributed by atoms with E-state index in [9.17, 15) is 4.79 Å². The van der Waals surface area contributed by atoms with Gasteiger partial charge in [-0.3, -0.25) is 4.79 Å². The quantitative estimate of drug-likeness (QED) is 0.579. The first-order valence-corrected chi connectivity index (χ1v) is 9.08. The van der Waals surface area contributed by atoms with Crippen LogP contribution < -0.4 is 10.1 Å². The van der Waals surface area contributed by atoms with Crippen molar-refractivity contribution >= 4 is 27.5 Å². The number of pyridine rings is 1. The Labute approximate surface area is 165 Å². The Hall–Kier alpha value is -2.71. The normalized spacial score (nSPS) is 10.6. The van der Waals surface area contributed by atoms with Gasteiger partial charge in [0.05, 0.1) is 29.7 Å². The predicted octanol–water partition coefficient (Wildman–Crippen LogP) is 3.62. The molecule has 0 saturated carbocycles. The summed E-state index contributed by atoms with van der Waals surface area (Å²) in [5.41, 5.74) is 2.58. The summed E-state index contributed by atoms with van der Waals surface area (Å²) in [5.74, 6) is 0.0707. The lowest BCUT2D eigenvalue weighted by Gasteiger charge is -2.11. The minimum atomic E-state index is -0.277. The van der Waals surface area contributed by atoms with Gasteiger partial charge in [-0.15, -0.1) is 0 Å². The van der Waals surface area contributed by atoms with Crippen LogP contribution in [-0.2, 0) is 4.74 Å². The third-order valence-corrected chi connectivity index (χ3v) is 4.40. The fraction of sp³-hybridized carbons (Fsp3) is 0.211. The van der Waals surface area contributed by atoms with Crippen LogP contribution in [0.4, 0.5) is 5.69 Å². The molecule has 27 heavy (non-hydrogen) atoms. The molecule has 3 aromatic rings. The standard InChI is InChI=1S/C19H19BrN4O3/c1-13-16(12-22-24(13)15-7-5-14(20)6-8-15)18(25)23-17-4-3-9-21-19(17)27-11-10-26-2/h3-9,12H,10-11H2,1-2H3,(H,23,25). The van der Waals surface area contributed by atoms with Crippen LogP contribution in [0.15, 0.2) is 53.3 Å². The summed E-state index contributed by atoms with van der Waals surface area (Å²) in [4.78, 5) is 16.9. The minimum Gasteiger partial charge on any atom is -0.474 e. The number of hydrogen-bond donors (Lipinski definition) is 1. The Morgan fingerprint density at radius 3 is 2.74 bits per heavy atom. The number of carbonyl (C=O) groups is 1. The number of aromatic nitrogens is 3. The average Bonchev–Trinajstić information content (AvgIpc) is 3.05. The van der Waals surface area contributed by atoms with Crippen LogP contribution in [0.3, 0.4) is 0 Å². The highest BCUT2D eigenvalue weighted by Gasteiger charge is 2.17. The summed E-state index contributed by atoms with van der Waals surface area (Å²) in [5, 5.41) is 7.18. The molecule has 1 N–H and O–H groups in total. The number of ether oxygens (including phenoxy) is 2. The number of amides is 1. The van der Waals surface area contributed by atoms with Gasteiger partial charge in [-0.05, 0) is 43.3 Å². The van der Waals surface area contributed by atoms with Gasteiger partial charge in [0.1, 0.15) is 12.3 Å². The van der Waals surface area contributed by atoms with E-state index in [2.05, 4.69) is 31.3 Å². The van der Waals surface area contributed by atoms with Crippen LogP contribution in [0.25, 0.3) is 5.69 Å². The number of hydrogen-bond acceptors (Lipinski definition) is 5. The highest BCUT2D eigenvalue weighted by atomic mass is 79.9. The second-order valence-electron chi connectivity index (χ2n) is 5.68. The molecule has 0 spiro atoms. The first kappa shape index (κ1) is 19.1. The van der Waals surface area contributed by atoms with Crippen LogP contribution in [0.5, 0.6) is 5.88 Å². The number of rotatable bonds is 7. The van der Waals surface area contributed by atoms with Crippen molar-refractivity contribution in [2.24, 2.45) is 0 Å². The minimum absolute atomic E-state index is 0.277. The van der Waals surface area contributed by atoms with Crippen LogP contribution in [0.2, 0.25) is 0 Å². The van der Waals surface area contributed by atoms with Gasteiger partial charge in [0, 0.05) is 17.8 Å². The fourth-order valence-corrected chi connectivity index (χ4v) is 2.75. The smallest absolute Gasteiger partial charge is 0.259 e. The first-order chi connectivity index (χ1) is 13.1. The van der Waals surface area contributed by atoms with E-state index in [1.165, 1.54) is 0 Å². The molecule has 0 saturated heterocycles. The molecule has 1 amide bonds. The molecule has 3 rings (SSSR count). The largest absolute Gasteiger partial charge is 0.474 e. The second-order valence-corrected chi connectivity index (χ2v) is 6.60. The molecular weight excluding hydrogens is 412 g/mol. The Morgan fingerprint density at radius 1 is 1.22 bits per heavy atom. The van der Waals surface area contributed by atoms with Gasteiger partial charge >= 0.3 is 0 Å². The van der Waals surface area contributed by atoms with E-state index in [4.69, 9.17) is 9.47 Å². The molecule has 8 heteroatoms. The predicted molar refractivity (Wildman–Crippen MR) is 106 cm³/mol. The topological polar surface area (TPSA) is 78.3 Å². The average molecular weight is 431 g/mol. The van der Waals surface area contributed by atoms with E-state index < -0.39 is 0 Å². The Morgan fingerprint density at radius 2 is 2.00 bits per heavy atom. The number of nitrogens with zero attached hydrogens (tertiary/aromatic N) is 3. The van der Waals surface area contributed by atoms with Crippen molar-refractivity contribution in [3.05, 3.63) is 64.5 Å². The van der Waals surface area contributed by atoms with Gasteiger partial charge in [0.25, 0.3) is 5.91 Å². The molecule has 0 atom stereocenters. The third-order valence-electron chi connectivity index (χ3n) is 3.87. The lowest BCUT2D eigenvalue weighted by Crippen LogP contribution is -2.15.